The Labute approximate surface area is 195 Å². The topological polar surface area (TPSA) is 75.0 Å². The molecule has 1 N–H and O–H groups in total. The number of nitrogens with zero attached hydrogens (tertiary/aromatic N) is 6. The molecule has 33 heavy (non-hydrogen) atoms. The number of aromatic amines is 1. The van der Waals surface area contributed by atoms with Crippen molar-refractivity contribution in [2.45, 2.75) is 65.3 Å². The maximum absolute atomic E-state index is 4.89. The van der Waals surface area contributed by atoms with E-state index in [1.165, 1.54) is 24.1 Å². The molecular weight excluding hydrogens is 410 g/mol. The minimum absolute atomic E-state index is 0.306. The molecule has 0 amide bonds. The second kappa shape index (κ2) is 8.71. The number of likely N-dealkylation sites (tertiary alicyclic amines) is 1. The van der Waals surface area contributed by atoms with E-state index in [2.05, 4.69) is 72.9 Å². The third kappa shape index (κ3) is 4.06. The zero-order valence-electron chi connectivity index (χ0n) is 20.2. The first-order valence-electron chi connectivity index (χ1n) is 12.0. The van der Waals surface area contributed by atoms with E-state index >= 15 is 0 Å². The molecule has 0 radical (unpaired) electrons. The van der Waals surface area contributed by atoms with Gasteiger partial charge in [0.1, 0.15) is 6.33 Å². The molecule has 0 saturated carbocycles. The summed E-state index contributed by atoms with van der Waals surface area (Å²) in [5, 5.41) is 12.4. The van der Waals surface area contributed by atoms with E-state index in [1.807, 2.05) is 16.9 Å². The van der Waals surface area contributed by atoms with Gasteiger partial charge in [0.15, 0.2) is 5.65 Å². The zero-order chi connectivity index (χ0) is 23.1. The molecule has 1 aliphatic rings. The molecule has 172 valence electrons. The summed E-state index contributed by atoms with van der Waals surface area (Å²) in [4.78, 5) is 11.8. The molecule has 5 heterocycles. The van der Waals surface area contributed by atoms with Gasteiger partial charge in [0.05, 0.1) is 11.4 Å². The summed E-state index contributed by atoms with van der Waals surface area (Å²) >= 11 is 0. The minimum Gasteiger partial charge on any atom is -0.301 e. The number of aromatic nitrogens is 6. The Hall–Kier alpha value is -3.06. The Balaban J connectivity index is 1.44. The lowest BCUT2D eigenvalue weighted by atomic mass is 9.91. The smallest absolute Gasteiger partial charge is 0.158 e. The molecule has 0 aromatic carbocycles. The third-order valence-corrected chi connectivity index (χ3v) is 6.97. The molecule has 0 spiro atoms. The van der Waals surface area contributed by atoms with Gasteiger partial charge in [-0.1, -0.05) is 13.8 Å². The highest BCUT2D eigenvalue weighted by Crippen LogP contribution is 2.36. The highest BCUT2D eigenvalue weighted by Gasteiger charge is 2.24. The van der Waals surface area contributed by atoms with Gasteiger partial charge in [-0.2, -0.15) is 10.2 Å². The van der Waals surface area contributed by atoms with Crippen LogP contribution >= 0.6 is 0 Å². The van der Waals surface area contributed by atoms with Gasteiger partial charge < -0.3 is 4.90 Å². The average Bonchev–Trinajstić information content (AvgIpc) is 3.47. The molecular formula is C26H33N7. The quantitative estimate of drug-likeness (QED) is 0.459. The number of pyridine rings is 2. The molecule has 0 aliphatic carbocycles. The number of nitrogens with one attached hydrogen (secondary N) is 1. The maximum Gasteiger partial charge on any atom is 0.158 e. The lowest BCUT2D eigenvalue weighted by molar-refractivity contribution is 0.171. The highest BCUT2D eigenvalue weighted by atomic mass is 15.3. The van der Waals surface area contributed by atoms with Crippen LogP contribution in [0.15, 0.2) is 36.9 Å². The number of aryl methyl sites for hydroxylation is 1. The summed E-state index contributed by atoms with van der Waals surface area (Å²) in [5.41, 5.74) is 8.50. The fourth-order valence-electron chi connectivity index (χ4n) is 5.08. The van der Waals surface area contributed by atoms with E-state index in [-0.39, 0.29) is 0 Å². The molecule has 7 heteroatoms. The summed E-state index contributed by atoms with van der Waals surface area (Å²) in [6.07, 6.45) is 7.97. The van der Waals surface area contributed by atoms with Crippen molar-refractivity contribution in [2.75, 3.05) is 13.1 Å². The third-order valence-electron chi connectivity index (χ3n) is 6.97. The van der Waals surface area contributed by atoms with Gasteiger partial charge in [-0.3, -0.25) is 10.1 Å². The second-order valence-corrected chi connectivity index (χ2v) is 9.83. The SMILES string of the molecule is Cc1cc(-c2n[nH]c(-c3ccc(C4CCN(C(C)C)CC4)nc3)c2C(C)C)cn2ncnc12. The van der Waals surface area contributed by atoms with Crippen molar-refractivity contribution in [1.82, 2.24) is 34.7 Å². The molecule has 0 unspecified atom stereocenters. The minimum atomic E-state index is 0.306. The molecule has 5 rings (SSSR count). The van der Waals surface area contributed by atoms with Crippen LogP contribution < -0.4 is 0 Å². The van der Waals surface area contributed by atoms with Gasteiger partial charge in [-0.05, 0) is 76.4 Å². The fraction of sp³-hybridized carbons (Fsp3) is 0.462. The second-order valence-electron chi connectivity index (χ2n) is 9.83. The van der Waals surface area contributed by atoms with E-state index in [9.17, 15) is 0 Å². The van der Waals surface area contributed by atoms with Gasteiger partial charge >= 0.3 is 0 Å². The Morgan fingerprint density at radius 2 is 1.82 bits per heavy atom. The van der Waals surface area contributed by atoms with Crippen LogP contribution in [0.2, 0.25) is 0 Å². The Kier molecular flexibility index (Phi) is 5.74. The average molecular weight is 444 g/mol. The van der Waals surface area contributed by atoms with Crippen molar-refractivity contribution < 1.29 is 0 Å². The van der Waals surface area contributed by atoms with E-state index in [0.29, 0.717) is 17.9 Å². The summed E-state index contributed by atoms with van der Waals surface area (Å²) in [7, 11) is 0. The van der Waals surface area contributed by atoms with E-state index < -0.39 is 0 Å². The van der Waals surface area contributed by atoms with Crippen molar-refractivity contribution >= 4 is 5.65 Å². The zero-order valence-corrected chi connectivity index (χ0v) is 20.2. The van der Waals surface area contributed by atoms with E-state index in [1.54, 1.807) is 6.33 Å². The van der Waals surface area contributed by atoms with Crippen LogP contribution in [0.5, 0.6) is 0 Å². The molecule has 1 fully saturated rings. The van der Waals surface area contributed by atoms with Crippen LogP contribution in [0.3, 0.4) is 0 Å². The molecule has 4 aromatic heterocycles. The largest absolute Gasteiger partial charge is 0.301 e. The van der Waals surface area contributed by atoms with Crippen LogP contribution in [0.1, 0.15) is 69.2 Å². The van der Waals surface area contributed by atoms with Gasteiger partial charge in [-0.15, -0.1) is 0 Å². The summed E-state index contributed by atoms with van der Waals surface area (Å²) in [6.45, 7) is 13.4. The first-order chi connectivity index (χ1) is 15.9. The van der Waals surface area contributed by atoms with Crippen LogP contribution in [0.25, 0.3) is 28.2 Å². The van der Waals surface area contributed by atoms with Crippen molar-refractivity contribution in [2.24, 2.45) is 0 Å². The standard InChI is InChI=1S/C26H33N7/c1-16(2)23-24(30-31-25(23)21-12-18(5)26-28-15-29-33(26)14-21)20-6-7-22(27-13-20)19-8-10-32(11-9-19)17(3)4/h6-7,12-17,19H,8-11H2,1-5H3,(H,30,31). The van der Waals surface area contributed by atoms with Gasteiger partial charge in [-0.25, -0.2) is 9.50 Å². The number of hydrogen-bond donors (Lipinski definition) is 1. The van der Waals surface area contributed by atoms with Crippen LogP contribution in [0, 0.1) is 6.92 Å². The van der Waals surface area contributed by atoms with Gasteiger partial charge in [0, 0.05) is 46.7 Å². The number of fused-ring (bicyclic) bond motifs is 1. The fourth-order valence-corrected chi connectivity index (χ4v) is 5.08. The van der Waals surface area contributed by atoms with Crippen molar-refractivity contribution in [3.63, 3.8) is 0 Å². The van der Waals surface area contributed by atoms with Crippen molar-refractivity contribution in [3.05, 3.63) is 53.7 Å². The van der Waals surface area contributed by atoms with Crippen molar-refractivity contribution in [1.29, 1.82) is 0 Å². The van der Waals surface area contributed by atoms with Gasteiger partial charge in [0.25, 0.3) is 0 Å². The normalized spacial score (nSPS) is 15.8. The molecule has 7 nitrogen and oxygen atoms in total. The lowest BCUT2D eigenvalue weighted by Crippen LogP contribution is -2.37. The molecule has 1 saturated heterocycles. The van der Waals surface area contributed by atoms with E-state index in [4.69, 9.17) is 10.1 Å². The number of piperidine rings is 1. The first-order valence-corrected chi connectivity index (χ1v) is 12.0. The molecule has 4 aromatic rings. The van der Waals surface area contributed by atoms with Crippen molar-refractivity contribution in [3.8, 4) is 22.5 Å². The summed E-state index contributed by atoms with van der Waals surface area (Å²) in [6, 6.07) is 7.17. The molecule has 1 aliphatic heterocycles. The number of rotatable bonds is 5. The monoisotopic (exact) mass is 443 g/mol. The predicted molar refractivity (Wildman–Crippen MR) is 131 cm³/mol. The van der Waals surface area contributed by atoms with E-state index in [0.717, 1.165) is 46.8 Å². The predicted octanol–water partition coefficient (Wildman–Crippen LogP) is 5.20. The lowest BCUT2D eigenvalue weighted by Gasteiger charge is -2.34. The Morgan fingerprint density at radius 3 is 2.48 bits per heavy atom. The summed E-state index contributed by atoms with van der Waals surface area (Å²) < 4.78 is 1.82. The maximum atomic E-state index is 4.89. The van der Waals surface area contributed by atoms with Crippen LogP contribution in [-0.2, 0) is 0 Å². The van der Waals surface area contributed by atoms with Crippen LogP contribution in [-0.4, -0.2) is 53.8 Å². The number of hydrogen-bond acceptors (Lipinski definition) is 5. The molecule has 0 atom stereocenters. The molecule has 0 bridgehead atoms. The first kappa shape index (κ1) is 21.8. The van der Waals surface area contributed by atoms with Crippen LogP contribution in [0.4, 0.5) is 0 Å². The Morgan fingerprint density at radius 1 is 1.03 bits per heavy atom. The number of H-pyrrole nitrogens is 1. The Bertz CT molecular complexity index is 1240. The highest BCUT2D eigenvalue weighted by molar-refractivity contribution is 5.75. The van der Waals surface area contributed by atoms with Gasteiger partial charge in [0.2, 0.25) is 0 Å². The summed E-state index contributed by atoms with van der Waals surface area (Å²) in [5.74, 6) is 0.855.